The van der Waals surface area contributed by atoms with Gasteiger partial charge in [-0.05, 0) is 44.4 Å². The third-order valence-electron chi connectivity index (χ3n) is 7.37. The number of urea groups is 1. The predicted octanol–water partition coefficient (Wildman–Crippen LogP) is 3.99. The number of nitrogens with zero attached hydrogens (tertiary/aromatic N) is 4. The minimum Gasteiger partial charge on any atom is -0.379 e. The van der Waals surface area contributed by atoms with Gasteiger partial charge in [0.15, 0.2) is 5.13 Å². The van der Waals surface area contributed by atoms with E-state index in [0.29, 0.717) is 5.13 Å². The van der Waals surface area contributed by atoms with E-state index in [1.165, 1.54) is 12.8 Å². The summed E-state index contributed by atoms with van der Waals surface area (Å²) in [7, 11) is 0. The number of morpholine rings is 1. The normalized spacial score (nSPS) is 24.7. The van der Waals surface area contributed by atoms with E-state index in [4.69, 9.17) is 4.74 Å². The minimum absolute atomic E-state index is 0.0277. The molecule has 0 radical (unpaired) electrons. The van der Waals surface area contributed by atoms with Crippen LogP contribution in [0, 0.1) is 5.92 Å². The molecule has 1 aromatic heterocycles. The Kier molecular flexibility index (Phi) is 9.50. The molecule has 1 aliphatic carbocycles. The van der Waals surface area contributed by atoms with Gasteiger partial charge in [-0.15, -0.1) is 11.8 Å². The molecule has 10 heteroatoms. The summed E-state index contributed by atoms with van der Waals surface area (Å²) in [6.45, 7) is 10.1. The van der Waals surface area contributed by atoms with Gasteiger partial charge in [-0.3, -0.25) is 15.0 Å². The van der Waals surface area contributed by atoms with E-state index in [-0.39, 0.29) is 24.0 Å². The van der Waals surface area contributed by atoms with Crippen molar-refractivity contribution < 1.29 is 14.3 Å². The van der Waals surface area contributed by atoms with E-state index in [0.717, 1.165) is 87.5 Å². The second-order valence-corrected chi connectivity index (χ2v) is 12.2. The highest BCUT2D eigenvalue weighted by Gasteiger charge is 2.35. The standard InChI is InChI=1S/C24H39N5O3S2/c1-18-3-5-20(6-4-18)29(21-7-9-28(10-8-21)19(2)30)24(31)26-23-25-17-22(34-23)33-16-13-27-11-14-32-15-12-27/h17-18,20-21H,3-16H2,1-2H3,(H,25,26,31). The van der Waals surface area contributed by atoms with Crippen molar-refractivity contribution in [2.24, 2.45) is 5.92 Å². The first-order chi connectivity index (χ1) is 16.5. The molecule has 3 heterocycles. The summed E-state index contributed by atoms with van der Waals surface area (Å²) < 4.78 is 6.55. The molecular weight excluding hydrogens is 470 g/mol. The Balaban J connectivity index is 1.33. The van der Waals surface area contributed by atoms with Crippen LogP contribution in [0.5, 0.6) is 0 Å². The number of nitrogens with one attached hydrogen (secondary N) is 1. The lowest BCUT2D eigenvalue weighted by Gasteiger charge is -2.44. The zero-order valence-corrected chi connectivity index (χ0v) is 22.2. The summed E-state index contributed by atoms with van der Waals surface area (Å²) in [5, 5.41) is 3.79. The number of aromatic nitrogens is 1. The van der Waals surface area contributed by atoms with Gasteiger partial charge >= 0.3 is 6.03 Å². The van der Waals surface area contributed by atoms with Crippen LogP contribution >= 0.6 is 23.1 Å². The summed E-state index contributed by atoms with van der Waals surface area (Å²) in [6, 6.07) is 0.420. The molecule has 0 atom stereocenters. The molecule has 1 aromatic rings. The monoisotopic (exact) mass is 509 g/mol. The maximum absolute atomic E-state index is 13.5. The number of ether oxygens (including phenoxy) is 1. The fourth-order valence-corrected chi connectivity index (χ4v) is 7.19. The lowest BCUT2D eigenvalue weighted by atomic mass is 9.85. The Labute approximate surface area is 211 Å². The summed E-state index contributed by atoms with van der Waals surface area (Å²) in [5.41, 5.74) is 0. The number of thioether (sulfide) groups is 1. The number of hydrogen-bond acceptors (Lipinski definition) is 7. The van der Waals surface area contributed by atoms with Crippen molar-refractivity contribution in [1.29, 1.82) is 0 Å². The van der Waals surface area contributed by atoms with Crippen molar-refractivity contribution in [1.82, 2.24) is 19.7 Å². The first kappa shape index (κ1) is 25.7. The summed E-state index contributed by atoms with van der Waals surface area (Å²) in [4.78, 5) is 36.2. The fraction of sp³-hybridized carbons (Fsp3) is 0.792. The van der Waals surface area contributed by atoms with Gasteiger partial charge in [0, 0.05) is 57.5 Å². The van der Waals surface area contributed by atoms with Crippen LogP contribution in [0.3, 0.4) is 0 Å². The quantitative estimate of drug-likeness (QED) is 0.560. The molecule has 2 aliphatic heterocycles. The van der Waals surface area contributed by atoms with Crippen molar-refractivity contribution in [3.05, 3.63) is 6.20 Å². The minimum atomic E-state index is -0.0277. The molecule has 0 aromatic carbocycles. The fourth-order valence-electron chi connectivity index (χ4n) is 5.25. The second-order valence-electron chi connectivity index (χ2n) is 9.78. The highest BCUT2D eigenvalue weighted by Crippen LogP contribution is 2.33. The average molecular weight is 510 g/mol. The highest BCUT2D eigenvalue weighted by atomic mass is 32.2. The number of amides is 3. The van der Waals surface area contributed by atoms with Crippen LogP contribution in [0.2, 0.25) is 0 Å². The zero-order valence-electron chi connectivity index (χ0n) is 20.5. The van der Waals surface area contributed by atoms with Crippen molar-refractivity contribution in [2.45, 2.75) is 68.7 Å². The number of hydrogen-bond donors (Lipinski definition) is 1. The van der Waals surface area contributed by atoms with Gasteiger partial charge in [0.1, 0.15) is 0 Å². The Hall–Kier alpha value is -1.36. The van der Waals surface area contributed by atoms with Gasteiger partial charge in [-0.1, -0.05) is 18.3 Å². The smallest absolute Gasteiger partial charge is 0.324 e. The Morgan fingerprint density at radius 3 is 2.47 bits per heavy atom. The van der Waals surface area contributed by atoms with Gasteiger partial charge in [0.25, 0.3) is 0 Å². The van der Waals surface area contributed by atoms with Gasteiger partial charge in [0.2, 0.25) is 5.91 Å². The van der Waals surface area contributed by atoms with E-state index in [9.17, 15) is 9.59 Å². The second kappa shape index (κ2) is 12.6. The van der Waals surface area contributed by atoms with Crippen LogP contribution in [-0.4, -0.2) is 95.4 Å². The van der Waals surface area contributed by atoms with E-state index >= 15 is 0 Å². The maximum atomic E-state index is 13.5. The molecule has 1 N–H and O–H groups in total. The molecular formula is C24H39N5O3S2. The van der Waals surface area contributed by atoms with E-state index < -0.39 is 0 Å². The van der Waals surface area contributed by atoms with Gasteiger partial charge < -0.3 is 14.5 Å². The molecule has 0 spiro atoms. The number of rotatable bonds is 7. The van der Waals surface area contributed by atoms with Crippen molar-refractivity contribution in [3.8, 4) is 0 Å². The number of likely N-dealkylation sites (tertiary alicyclic amines) is 1. The zero-order chi connectivity index (χ0) is 23.9. The molecule has 0 bridgehead atoms. The predicted molar refractivity (Wildman–Crippen MR) is 138 cm³/mol. The van der Waals surface area contributed by atoms with Crippen LogP contribution in [0.4, 0.5) is 9.93 Å². The van der Waals surface area contributed by atoms with Crippen LogP contribution in [-0.2, 0) is 9.53 Å². The molecule has 4 rings (SSSR count). The van der Waals surface area contributed by atoms with Crippen LogP contribution in [0.1, 0.15) is 52.4 Å². The molecule has 0 unspecified atom stereocenters. The first-order valence-electron chi connectivity index (χ1n) is 12.7. The summed E-state index contributed by atoms with van der Waals surface area (Å²) >= 11 is 3.36. The van der Waals surface area contributed by atoms with Crippen molar-refractivity contribution in [3.63, 3.8) is 0 Å². The third-order valence-corrected chi connectivity index (χ3v) is 9.46. The molecule has 8 nitrogen and oxygen atoms in total. The molecule has 1 saturated carbocycles. The molecule has 2 saturated heterocycles. The number of piperidine rings is 1. The number of thiazole rings is 1. The lowest BCUT2D eigenvalue weighted by Crippen LogP contribution is -2.54. The SMILES string of the molecule is CC(=O)N1CCC(N(C(=O)Nc2ncc(SCCN3CCOCC3)s2)C2CCC(C)CC2)CC1. The number of anilines is 1. The Morgan fingerprint density at radius 1 is 1.12 bits per heavy atom. The van der Waals surface area contributed by atoms with Crippen LogP contribution in [0.15, 0.2) is 10.4 Å². The largest absolute Gasteiger partial charge is 0.379 e. The van der Waals surface area contributed by atoms with E-state index in [1.54, 1.807) is 30.0 Å². The lowest BCUT2D eigenvalue weighted by molar-refractivity contribution is -0.130. The highest BCUT2D eigenvalue weighted by molar-refractivity contribution is 8.01. The van der Waals surface area contributed by atoms with Crippen molar-refractivity contribution in [2.75, 3.05) is 57.0 Å². The van der Waals surface area contributed by atoms with Gasteiger partial charge in [0.05, 0.1) is 23.6 Å². The van der Waals surface area contributed by atoms with E-state index in [1.807, 2.05) is 11.1 Å². The van der Waals surface area contributed by atoms with Crippen molar-refractivity contribution >= 4 is 40.2 Å². The first-order valence-corrected chi connectivity index (χ1v) is 14.5. The molecule has 190 valence electrons. The van der Waals surface area contributed by atoms with Gasteiger partial charge in [-0.25, -0.2) is 9.78 Å². The summed E-state index contributed by atoms with van der Waals surface area (Å²) in [6.07, 6.45) is 8.02. The van der Waals surface area contributed by atoms with Gasteiger partial charge in [-0.2, -0.15) is 0 Å². The molecule has 34 heavy (non-hydrogen) atoms. The molecule has 3 fully saturated rings. The molecule has 3 aliphatic rings. The number of carbonyl (C=O) groups excluding carboxylic acids is 2. The Bertz CT molecular complexity index is 800. The number of carbonyl (C=O) groups is 2. The van der Waals surface area contributed by atoms with Crippen LogP contribution < -0.4 is 5.32 Å². The maximum Gasteiger partial charge on any atom is 0.324 e. The van der Waals surface area contributed by atoms with Crippen LogP contribution in [0.25, 0.3) is 0 Å². The average Bonchev–Trinajstić information content (AvgIpc) is 3.28. The van der Waals surface area contributed by atoms with E-state index in [2.05, 4.69) is 27.0 Å². The topological polar surface area (TPSA) is 78.0 Å². The molecule has 3 amide bonds. The third kappa shape index (κ3) is 7.08. The Morgan fingerprint density at radius 2 is 1.79 bits per heavy atom. The summed E-state index contributed by atoms with van der Waals surface area (Å²) in [5.74, 6) is 1.87.